The third-order valence-corrected chi connectivity index (χ3v) is 2.96. The summed E-state index contributed by atoms with van der Waals surface area (Å²) in [6.45, 7) is -0.498. The lowest BCUT2D eigenvalue weighted by Crippen LogP contribution is -2.60. The molecule has 0 bridgehead atoms. The maximum absolute atomic E-state index is 9.78. The van der Waals surface area contributed by atoms with Crippen LogP contribution in [0.25, 0.3) is 0 Å². The zero-order valence-corrected chi connectivity index (χ0v) is 10.1. The van der Waals surface area contributed by atoms with E-state index in [0.717, 1.165) is 0 Å². The van der Waals surface area contributed by atoms with Crippen molar-refractivity contribution in [2.24, 2.45) is 0 Å². The average Bonchev–Trinajstić information content (AvgIpc) is 2.39. The second-order valence-corrected chi connectivity index (χ2v) is 4.39. The van der Waals surface area contributed by atoms with Crippen molar-refractivity contribution in [1.29, 1.82) is 0 Å². The minimum Gasteiger partial charge on any atom is -0.462 e. The topological polar surface area (TPSA) is 125 Å². The van der Waals surface area contributed by atoms with Crippen molar-refractivity contribution < 1.29 is 29.9 Å². The van der Waals surface area contributed by atoms with Crippen LogP contribution in [0.3, 0.4) is 0 Å². The molecule has 1 aromatic rings. The molecule has 1 aromatic carbocycles. The number of ether oxygens (including phenoxy) is 2. The lowest BCUT2D eigenvalue weighted by molar-refractivity contribution is -0.277. The number of anilines is 1. The van der Waals surface area contributed by atoms with Gasteiger partial charge in [0, 0.05) is 11.8 Å². The van der Waals surface area contributed by atoms with Crippen LogP contribution in [0.15, 0.2) is 24.3 Å². The predicted molar refractivity (Wildman–Crippen MR) is 65.2 cm³/mol. The van der Waals surface area contributed by atoms with Gasteiger partial charge in [0.2, 0.25) is 6.29 Å². The van der Waals surface area contributed by atoms with Gasteiger partial charge in [0.25, 0.3) is 0 Å². The summed E-state index contributed by atoms with van der Waals surface area (Å²) in [6.07, 6.45) is -6.49. The molecule has 1 aliphatic rings. The Labute approximate surface area is 109 Å². The number of aliphatic hydroxyl groups excluding tert-OH is 4. The molecular weight excluding hydrogens is 254 g/mol. The lowest BCUT2D eigenvalue weighted by Gasteiger charge is -2.39. The van der Waals surface area contributed by atoms with Crippen molar-refractivity contribution in [3.63, 3.8) is 0 Å². The van der Waals surface area contributed by atoms with Crippen LogP contribution in [0, 0.1) is 0 Å². The van der Waals surface area contributed by atoms with Crippen LogP contribution in [0.4, 0.5) is 5.69 Å². The van der Waals surface area contributed by atoms with Gasteiger partial charge in [0.05, 0.1) is 6.61 Å². The van der Waals surface area contributed by atoms with Gasteiger partial charge in [-0.2, -0.15) is 0 Å². The van der Waals surface area contributed by atoms with E-state index in [2.05, 4.69) is 0 Å². The number of benzene rings is 1. The quantitative estimate of drug-likeness (QED) is 0.421. The summed E-state index contributed by atoms with van der Waals surface area (Å²) < 4.78 is 10.6. The van der Waals surface area contributed by atoms with E-state index in [1.54, 1.807) is 18.2 Å². The van der Waals surface area contributed by atoms with Crippen molar-refractivity contribution in [2.45, 2.75) is 30.7 Å². The van der Waals surface area contributed by atoms with Crippen LogP contribution in [0.2, 0.25) is 0 Å². The van der Waals surface area contributed by atoms with E-state index in [1.807, 2.05) is 0 Å². The van der Waals surface area contributed by atoms with Crippen LogP contribution in [0.1, 0.15) is 0 Å². The minimum atomic E-state index is -1.46. The van der Waals surface area contributed by atoms with Crippen molar-refractivity contribution in [2.75, 3.05) is 12.3 Å². The van der Waals surface area contributed by atoms with Crippen molar-refractivity contribution in [3.05, 3.63) is 24.3 Å². The molecule has 0 aliphatic carbocycles. The van der Waals surface area contributed by atoms with Gasteiger partial charge in [-0.15, -0.1) is 0 Å². The van der Waals surface area contributed by atoms with Crippen molar-refractivity contribution >= 4 is 5.69 Å². The molecule has 0 aromatic heterocycles. The Bertz CT molecular complexity index is 426. The van der Waals surface area contributed by atoms with Gasteiger partial charge in [-0.3, -0.25) is 0 Å². The highest BCUT2D eigenvalue weighted by Gasteiger charge is 2.44. The fourth-order valence-electron chi connectivity index (χ4n) is 1.89. The van der Waals surface area contributed by atoms with E-state index in [9.17, 15) is 15.3 Å². The second kappa shape index (κ2) is 5.72. The number of aliphatic hydroxyl groups is 4. The van der Waals surface area contributed by atoms with Gasteiger partial charge in [-0.05, 0) is 12.1 Å². The molecule has 1 aliphatic heterocycles. The molecule has 7 heteroatoms. The standard InChI is InChI=1S/C12H17NO6/c13-6-2-1-3-7(4-6)18-12-11(17)10(16)9(15)8(5-14)19-12/h1-4,8-12,14-17H,5,13H2/t8-,9-,10+,11-,12+/m1/s1. The van der Waals surface area contributed by atoms with Gasteiger partial charge in [0.1, 0.15) is 30.2 Å². The molecule has 5 atom stereocenters. The predicted octanol–water partition coefficient (Wildman–Crippen LogP) is -1.55. The number of nitrogen functional groups attached to an aromatic ring is 1. The summed E-state index contributed by atoms with van der Waals surface area (Å²) in [5.41, 5.74) is 6.06. The molecule has 7 nitrogen and oxygen atoms in total. The fraction of sp³-hybridized carbons (Fsp3) is 0.500. The first-order valence-corrected chi connectivity index (χ1v) is 5.85. The van der Waals surface area contributed by atoms with Crippen molar-refractivity contribution in [3.8, 4) is 5.75 Å². The molecule has 6 N–H and O–H groups in total. The zero-order valence-electron chi connectivity index (χ0n) is 10.1. The first-order chi connectivity index (χ1) is 9.02. The maximum atomic E-state index is 9.78. The number of nitrogens with two attached hydrogens (primary N) is 1. The molecule has 0 amide bonds. The first kappa shape index (κ1) is 14.0. The summed E-state index contributed by atoms with van der Waals surface area (Å²) in [5, 5.41) is 38.0. The maximum Gasteiger partial charge on any atom is 0.229 e. The van der Waals surface area contributed by atoms with Crippen LogP contribution in [-0.2, 0) is 4.74 Å². The number of rotatable bonds is 3. The van der Waals surface area contributed by atoms with E-state index in [4.69, 9.17) is 20.3 Å². The molecule has 2 rings (SSSR count). The fourth-order valence-corrected chi connectivity index (χ4v) is 1.89. The summed E-state index contributed by atoms with van der Waals surface area (Å²) in [7, 11) is 0. The van der Waals surface area contributed by atoms with Gasteiger partial charge in [-0.25, -0.2) is 0 Å². The van der Waals surface area contributed by atoms with E-state index < -0.39 is 37.3 Å². The van der Waals surface area contributed by atoms with Gasteiger partial charge in [-0.1, -0.05) is 6.07 Å². The largest absolute Gasteiger partial charge is 0.462 e. The summed E-state index contributed by atoms with van der Waals surface area (Å²) in [6, 6.07) is 6.47. The first-order valence-electron chi connectivity index (χ1n) is 5.85. The third kappa shape index (κ3) is 2.96. The van der Waals surface area contributed by atoms with Crippen LogP contribution in [0.5, 0.6) is 5.75 Å². The van der Waals surface area contributed by atoms with Gasteiger partial charge in [0.15, 0.2) is 0 Å². The van der Waals surface area contributed by atoms with E-state index >= 15 is 0 Å². The summed E-state index contributed by atoms with van der Waals surface area (Å²) >= 11 is 0. The van der Waals surface area contributed by atoms with Gasteiger partial charge >= 0.3 is 0 Å². The molecule has 1 heterocycles. The van der Waals surface area contributed by atoms with E-state index in [-0.39, 0.29) is 0 Å². The highest BCUT2D eigenvalue weighted by molar-refractivity contribution is 5.43. The molecule has 19 heavy (non-hydrogen) atoms. The zero-order chi connectivity index (χ0) is 14.0. The Morgan fingerprint density at radius 2 is 1.89 bits per heavy atom. The highest BCUT2D eigenvalue weighted by atomic mass is 16.7. The molecule has 1 saturated heterocycles. The van der Waals surface area contributed by atoms with Crippen LogP contribution >= 0.6 is 0 Å². The molecule has 1 fully saturated rings. The van der Waals surface area contributed by atoms with Gasteiger partial charge < -0.3 is 35.6 Å². The second-order valence-electron chi connectivity index (χ2n) is 4.39. The number of hydrogen-bond acceptors (Lipinski definition) is 7. The van der Waals surface area contributed by atoms with E-state index in [1.165, 1.54) is 6.07 Å². The molecule has 0 saturated carbocycles. The molecule has 0 unspecified atom stereocenters. The SMILES string of the molecule is Nc1cccc(O[C@H]2O[C@H](CO)[C@@H](O)[C@H](O)[C@H]2O)c1. The lowest BCUT2D eigenvalue weighted by atomic mass is 9.99. The summed E-state index contributed by atoms with van der Waals surface area (Å²) in [5.74, 6) is 0.351. The Morgan fingerprint density at radius 1 is 1.16 bits per heavy atom. The Balaban J connectivity index is 2.10. The van der Waals surface area contributed by atoms with Crippen molar-refractivity contribution in [1.82, 2.24) is 0 Å². The summed E-state index contributed by atoms with van der Waals surface area (Å²) in [4.78, 5) is 0. The third-order valence-electron chi connectivity index (χ3n) is 2.96. The monoisotopic (exact) mass is 271 g/mol. The molecular formula is C12H17NO6. The molecule has 0 radical (unpaired) electrons. The van der Waals surface area contributed by atoms with Crippen LogP contribution < -0.4 is 10.5 Å². The smallest absolute Gasteiger partial charge is 0.229 e. The average molecular weight is 271 g/mol. The Hall–Kier alpha value is -1.38. The Kier molecular flexibility index (Phi) is 4.23. The molecule has 106 valence electrons. The Morgan fingerprint density at radius 3 is 2.53 bits per heavy atom. The van der Waals surface area contributed by atoms with Crippen LogP contribution in [-0.4, -0.2) is 57.7 Å². The number of hydrogen-bond donors (Lipinski definition) is 5. The van der Waals surface area contributed by atoms with E-state index in [0.29, 0.717) is 11.4 Å². The highest BCUT2D eigenvalue weighted by Crippen LogP contribution is 2.25. The minimum absolute atomic E-state index is 0.351. The normalized spacial score (nSPS) is 35.1. The molecule has 0 spiro atoms.